The molecule has 0 saturated carbocycles. The Hall–Kier alpha value is -3.27. The smallest absolute Gasteiger partial charge is 0.306 e. The lowest BCUT2D eigenvalue weighted by molar-refractivity contribution is -0.870. The highest BCUT2D eigenvalue weighted by Crippen LogP contribution is 2.19. The Morgan fingerprint density at radius 1 is 0.330 bits per heavy atom. The first-order chi connectivity index (χ1) is 44.6. The van der Waals surface area contributed by atoms with Crippen LogP contribution < -0.4 is 5.11 Å². The Bertz CT molecular complexity index is 1730. The van der Waals surface area contributed by atoms with E-state index >= 15 is 0 Å². The minimum atomic E-state index is -1.62. The number of likely N-dealkylation sites (N-methyl/N-ethyl adjacent to an activating group) is 1. The maximum Gasteiger partial charge on any atom is 0.306 e. The van der Waals surface area contributed by atoms with Crippen LogP contribution in [0.3, 0.4) is 0 Å². The van der Waals surface area contributed by atoms with Gasteiger partial charge < -0.3 is 33.3 Å². The molecule has 0 aromatic heterocycles. The number of aliphatic carboxylic acids is 1. The van der Waals surface area contributed by atoms with Crippen LogP contribution >= 0.6 is 0 Å². The number of hydrogen-bond acceptors (Lipinski definition) is 8. The minimum absolute atomic E-state index is 0.147. The van der Waals surface area contributed by atoms with Gasteiger partial charge in [0.2, 0.25) is 0 Å². The van der Waals surface area contributed by atoms with Gasteiger partial charge in [0, 0.05) is 12.8 Å². The number of nitrogens with zero attached hydrogens (tertiary/aromatic N) is 1. The van der Waals surface area contributed by atoms with Crippen molar-refractivity contribution in [2.24, 2.45) is 0 Å². The first kappa shape index (κ1) is 87.7. The van der Waals surface area contributed by atoms with Crippen LogP contribution in [0.2, 0.25) is 0 Å². The van der Waals surface area contributed by atoms with Gasteiger partial charge in [-0.15, -0.1) is 0 Å². The Labute approximate surface area is 564 Å². The average molecular weight is 1280 g/mol. The predicted molar refractivity (Wildman–Crippen MR) is 389 cm³/mol. The predicted octanol–water partition coefficient (Wildman–Crippen LogP) is 23.5. The van der Waals surface area contributed by atoms with E-state index in [0.29, 0.717) is 17.4 Å². The van der Waals surface area contributed by atoms with Crippen molar-refractivity contribution in [1.82, 2.24) is 0 Å². The monoisotopic (exact) mass is 1280 g/mol. The molecule has 0 aliphatic rings. The molecular weight excluding hydrogens is 1130 g/mol. The molecule has 530 valence electrons. The van der Waals surface area contributed by atoms with E-state index < -0.39 is 24.3 Å². The summed E-state index contributed by atoms with van der Waals surface area (Å²) in [5.41, 5.74) is 0. The summed E-state index contributed by atoms with van der Waals surface area (Å²) >= 11 is 0. The second-order valence-corrected chi connectivity index (χ2v) is 27.6. The molecule has 91 heavy (non-hydrogen) atoms. The second-order valence-electron chi connectivity index (χ2n) is 27.6. The molecule has 0 amide bonds. The molecular formula is C82H149NO8. The number of unbranched alkanes of at least 4 members (excludes halogenated alkanes) is 46. The molecule has 2 unspecified atom stereocenters. The maximum atomic E-state index is 13.0. The van der Waals surface area contributed by atoms with E-state index in [0.717, 1.165) is 57.8 Å². The summed E-state index contributed by atoms with van der Waals surface area (Å²) in [7, 11) is 5.94. The third kappa shape index (κ3) is 74.0. The van der Waals surface area contributed by atoms with Gasteiger partial charge in [0.1, 0.15) is 13.2 Å². The zero-order chi connectivity index (χ0) is 66.1. The Morgan fingerprint density at radius 3 is 0.879 bits per heavy atom. The number of esters is 2. The summed E-state index contributed by atoms with van der Waals surface area (Å²) in [6, 6.07) is 0. The lowest BCUT2D eigenvalue weighted by Crippen LogP contribution is -2.44. The number of ether oxygens (including phenoxy) is 4. The van der Waals surface area contributed by atoms with E-state index in [1.807, 2.05) is 21.1 Å². The Kier molecular flexibility index (Phi) is 69.9. The van der Waals surface area contributed by atoms with Crippen LogP contribution in [0.5, 0.6) is 0 Å². The Morgan fingerprint density at radius 2 is 0.593 bits per heavy atom. The summed E-state index contributed by atoms with van der Waals surface area (Å²) in [4.78, 5) is 37.6. The molecule has 9 heteroatoms. The highest BCUT2D eigenvalue weighted by molar-refractivity contribution is 5.70. The number of carboxylic acid groups (broad SMARTS) is 1. The molecule has 0 aromatic rings. The fraction of sp³-hybridized carbons (Fsp3) is 0.817. The van der Waals surface area contributed by atoms with Crippen LogP contribution in [-0.2, 0) is 33.3 Å². The van der Waals surface area contributed by atoms with Gasteiger partial charge in [-0.25, -0.2) is 0 Å². The molecule has 0 saturated heterocycles. The summed E-state index contributed by atoms with van der Waals surface area (Å²) in [6.45, 7) is 4.77. The van der Waals surface area contributed by atoms with E-state index in [4.69, 9.17) is 18.9 Å². The normalized spacial score (nSPS) is 13.0. The van der Waals surface area contributed by atoms with Crippen LogP contribution in [-0.4, -0.2) is 82.3 Å². The topological polar surface area (TPSA) is 111 Å². The third-order valence-electron chi connectivity index (χ3n) is 17.4. The first-order valence-corrected chi connectivity index (χ1v) is 39.1. The Balaban J connectivity index is 3.97. The molecule has 0 aliphatic heterocycles. The molecule has 0 heterocycles. The molecule has 2 atom stereocenters. The molecule has 0 rings (SSSR count). The van der Waals surface area contributed by atoms with E-state index in [1.165, 1.54) is 283 Å². The van der Waals surface area contributed by atoms with Crippen molar-refractivity contribution in [3.63, 3.8) is 0 Å². The molecule has 0 spiro atoms. The lowest BCUT2D eigenvalue weighted by atomic mass is 10.0. The first-order valence-electron chi connectivity index (χ1n) is 39.1. The van der Waals surface area contributed by atoms with E-state index in [1.54, 1.807) is 0 Å². The van der Waals surface area contributed by atoms with E-state index in [2.05, 4.69) is 86.8 Å². The minimum Gasteiger partial charge on any atom is -0.545 e. The molecule has 0 aliphatic carbocycles. The van der Waals surface area contributed by atoms with Crippen molar-refractivity contribution in [3.8, 4) is 0 Å². The van der Waals surface area contributed by atoms with Crippen molar-refractivity contribution in [2.75, 3.05) is 47.5 Å². The molecule has 9 nitrogen and oxygen atoms in total. The highest BCUT2D eigenvalue weighted by Gasteiger charge is 2.22. The van der Waals surface area contributed by atoms with Gasteiger partial charge in [0.05, 0.1) is 40.3 Å². The summed E-state index contributed by atoms with van der Waals surface area (Å²) in [5.74, 6) is -2.27. The SMILES string of the molecule is CCCCCCC/C=C\C/C=C\C/C=C\CCCCCCCCCCCCCCCCCCCCCCCCCCCCC(=O)OC(COC(=O)CCCCCCCCCCCC/C=C\C/C=C\C/C=C\CCCCCCC)COC(OCC[N+](C)(C)C)C(=O)[O-]. The standard InChI is InChI=1S/C82H149NO8/c1-6-8-10-12-14-16-18-20-22-24-26-28-30-32-33-34-35-36-37-38-39-40-41-42-43-44-45-46-47-49-51-53-55-57-59-61-63-65-67-69-71-73-80(85)91-78(77-90-82(81(86)87)88-75-74-83(3,4)5)76-89-79(84)72-70-68-66-64-62-60-58-56-54-52-50-48-31-29-27-25-23-21-19-17-15-13-11-9-7-2/h18-21,24-27,30-32,48,78,82H,6-17,22-23,28-29,33-47,49-77H2,1-5H3/b20-18-,21-19-,26-24-,27-25-,32-30-,48-31-. The van der Waals surface area contributed by atoms with E-state index in [9.17, 15) is 19.5 Å². The molecule has 0 radical (unpaired) electrons. The zero-order valence-corrected chi connectivity index (χ0v) is 60.7. The highest BCUT2D eigenvalue weighted by atomic mass is 16.7. The number of carbonyl (C=O) groups excluding carboxylic acids is 3. The number of allylic oxidation sites excluding steroid dienone is 12. The largest absolute Gasteiger partial charge is 0.545 e. The fourth-order valence-electron chi connectivity index (χ4n) is 11.4. The van der Waals surface area contributed by atoms with E-state index in [-0.39, 0.29) is 38.6 Å². The maximum absolute atomic E-state index is 13.0. The fourth-order valence-corrected chi connectivity index (χ4v) is 11.4. The average Bonchev–Trinajstić information content (AvgIpc) is 3.53. The molecule has 0 N–H and O–H groups in total. The van der Waals surface area contributed by atoms with Gasteiger partial charge in [-0.1, -0.05) is 344 Å². The van der Waals surface area contributed by atoms with Gasteiger partial charge in [0.25, 0.3) is 0 Å². The number of carboxylic acids is 1. The number of quaternary nitrogens is 1. The van der Waals surface area contributed by atoms with Crippen LogP contribution in [0.25, 0.3) is 0 Å². The van der Waals surface area contributed by atoms with Crippen molar-refractivity contribution in [3.05, 3.63) is 72.9 Å². The summed E-state index contributed by atoms with van der Waals surface area (Å²) in [6.07, 6.45) is 94.5. The van der Waals surface area contributed by atoms with Gasteiger partial charge in [0.15, 0.2) is 12.4 Å². The van der Waals surface area contributed by atoms with Crippen molar-refractivity contribution < 1.29 is 42.9 Å². The molecule has 0 aromatic carbocycles. The van der Waals surface area contributed by atoms with Crippen molar-refractivity contribution in [2.45, 2.75) is 386 Å². The van der Waals surface area contributed by atoms with Crippen LogP contribution in [0.15, 0.2) is 72.9 Å². The number of rotatable bonds is 73. The van der Waals surface area contributed by atoms with Crippen LogP contribution in [0.1, 0.15) is 373 Å². The second kappa shape index (κ2) is 72.6. The zero-order valence-electron chi connectivity index (χ0n) is 60.7. The van der Waals surface area contributed by atoms with Crippen molar-refractivity contribution in [1.29, 1.82) is 0 Å². The molecule has 0 fully saturated rings. The summed E-state index contributed by atoms with van der Waals surface area (Å²) in [5, 5.41) is 11.8. The van der Waals surface area contributed by atoms with Gasteiger partial charge in [-0.2, -0.15) is 0 Å². The number of hydrogen-bond donors (Lipinski definition) is 0. The molecule has 0 bridgehead atoms. The van der Waals surface area contributed by atoms with Gasteiger partial charge in [-0.3, -0.25) is 9.59 Å². The van der Waals surface area contributed by atoms with Gasteiger partial charge in [-0.05, 0) is 89.9 Å². The van der Waals surface area contributed by atoms with Crippen molar-refractivity contribution >= 4 is 17.9 Å². The van der Waals surface area contributed by atoms with Crippen LogP contribution in [0.4, 0.5) is 0 Å². The number of carbonyl (C=O) groups is 3. The van der Waals surface area contributed by atoms with Crippen LogP contribution in [0, 0.1) is 0 Å². The third-order valence-corrected chi connectivity index (χ3v) is 17.4. The quantitative estimate of drug-likeness (QED) is 0.0195. The lowest BCUT2D eigenvalue weighted by Gasteiger charge is -2.26. The van der Waals surface area contributed by atoms with Gasteiger partial charge >= 0.3 is 11.9 Å². The summed E-state index contributed by atoms with van der Waals surface area (Å²) < 4.78 is 22.8.